The molecule has 0 aliphatic heterocycles. The van der Waals surface area contributed by atoms with Crippen molar-refractivity contribution >= 4 is 45.9 Å². The fourth-order valence-electron chi connectivity index (χ4n) is 3.68. The summed E-state index contributed by atoms with van der Waals surface area (Å²) in [6, 6.07) is 12.9. The van der Waals surface area contributed by atoms with Crippen molar-refractivity contribution in [3.05, 3.63) is 74.8 Å². The topological polar surface area (TPSA) is 64.4 Å². The van der Waals surface area contributed by atoms with E-state index in [2.05, 4.69) is 10.3 Å². The number of benzene rings is 3. The largest absolute Gasteiger partial charge is 0.482 e. The van der Waals surface area contributed by atoms with Gasteiger partial charge in [0.15, 0.2) is 12.2 Å². The third-order valence-corrected chi connectivity index (χ3v) is 5.63. The summed E-state index contributed by atoms with van der Waals surface area (Å²) in [5, 5.41) is 3.77. The van der Waals surface area contributed by atoms with Gasteiger partial charge in [0.2, 0.25) is 5.89 Å². The highest BCUT2D eigenvalue weighted by molar-refractivity contribution is 6.33. The fraction of sp³-hybridized carbons (Fsp3) is 0.200. The molecule has 3 aromatic carbocycles. The van der Waals surface area contributed by atoms with E-state index in [9.17, 15) is 4.79 Å². The van der Waals surface area contributed by atoms with Gasteiger partial charge in [-0.05, 0) is 80.3 Å². The van der Waals surface area contributed by atoms with Gasteiger partial charge in [-0.2, -0.15) is 0 Å². The monoisotopic (exact) mass is 468 g/mol. The molecular weight excluding hydrogens is 447 g/mol. The zero-order valence-corrected chi connectivity index (χ0v) is 19.7. The molecule has 1 aromatic heterocycles. The highest BCUT2D eigenvalue weighted by Crippen LogP contribution is 2.34. The first-order valence-corrected chi connectivity index (χ1v) is 10.8. The number of hydrogen-bond donors (Lipinski definition) is 1. The van der Waals surface area contributed by atoms with Crippen LogP contribution in [0.2, 0.25) is 10.0 Å². The Morgan fingerprint density at radius 1 is 0.969 bits per heavy atom. The molecule has 0 unspecified atom stereocenters. The van der Waals surface area contributed by atoms with Crippen LogP contribution in [0.3, 0.4) is 0 Å². The van der Waals surface area contributed by atoms with Crippen LogP contribution in [-0.2, 0) is 4.79 Å². The molecule has 0 fully saturated rings. The molecule has 1 heterocycles. The van der Waals surface area contributed by atoms with Crippen LogP contribution in [0, 0.1) is 27.7 Å². The lowest BCUT2D eigenvalue weighted by atomic mass is 10.1. The highest BCUT2D eigenvalue weighted by Gasteiger charge is 2.16. The maximum atomic E-state index is 12.5. The van der Waals surface area contributed by atoms with Crippen LogP contribution in [0.1, 0.15) is 22.3 Å². The number of aryl methyl sites for hydroxylation is 4. The Labute approximate surface area is 196 Å². The summed E-state index contributed by atoms with van der Waals surface area (Å²) >= 11 is 12.7. The molecule has 4 aromatic rings. The first-order chi connectivity index (χ1) is 15.2. The Hall–Kier alpha value is -3.02. The maximum absolute atomic E-state index is 12.5. The smallest absolute Gasteiger partial charge is 0.262 e. The first kappa shape index (κ1) is 22.2. The second kappa shape index (κ2) is 8.85. The van der Waals surface area contributed by atoms with Gasteiger partial charge in [0, 0.05) is 5.69 Å². The number of nitrogens with zero attached hydrogens (tertiary/aromatic N) is 1. The van der Waals surface area contributed by atoms with Gasteiger partial charge in [0.25, 0.3) is 5.91 Å². The van der Waals surface area contributed by atoms with Crippen molar-refractivity contribution in [3.8, 4) is 17.2 Å². The van der Waals surface area contributed by atoms with Crippen LogP contribution in [-0.4, -0.2) is 17.5 Å². The molecule has 0 radical (unpaired) electrons. The number of oxazole rings is 1. The van der Waals surface area contributed by atoms with E-state index < -0.39 is 0 Å². The van der Waals surface area contributed by atoms with Crippen molar-refractivity contribution in [2.75, 3.05) is 11.9 Å². The lowest BCUT2D eigenvalue weighted by Crippen LogP contribution is -2.20. The Morgan fingerprint density at radius 3 is 2.44 bits per heavy atom. The Bertz CT molecular complexity index is 1320. The molecule has 4 rings (SSSR count). The van der Waals surface area contributed by atoms with Crippen LogP contribution >= 0.6 is 23.2 Å². The lowest BCUT2D eigenvalue weighted by Gasteiger charge is -2.12. The summed E-state index contributed by atoms with van der Waals surface area (Å²) in [4.78, 5) is 17.1. The zero-order valence-electron chi connectivity index (χ0n) is 18.2. The molecule has 0 bridgehead atoms. The van der Waals surface area contributed by atoms with Gasteiger partial charge in [-0.1, -0.05) is 35.3 Å². The number of aromatic nitrogens is 1. The van der Waals surface area contributed by atoms with Gasteiger partial charge in [0.05, 0.1) is 15.6 Å². The van der Waals surface area contributed by atoms with E-state index in [4.69, 9.17) is 32.4 Å². The molecule has 32 heavy (non-hydrogen) atoms. The van der Waals surface area contributed by atoms with Crippen molar-refractivity contribution in [2.24, 2.45) is 0 Å². The number of hydrogen-bond acceptors (Lipinski definition) is 4. The van der Waals surface area contributed by atoms with E-state index in [1.165, 1.54) is 0 Å². The molecule has 0 saturated heterocycles. The number of halogens is 2. The van der Waals surface area contributed by atoms with Crippen LogP contribution in [0.15, 0.2) is 46.9 Å². The summed E-state index contributed by atoms with van der Waals surface area (Å²) in [5.74, 6) is 0.577. The van der Waals surface area contributed by atoms with E-state index in [-0.39, 0.29) is 12.5 Å². The minimum Gasteiger partial charge on any atom is -0.482 e. The van der Waals surface area contributed by atoms with E-state index in [1.807, 2.05) is 45.9 Å². The number of carbonyl (C=O) groups is 1. The van der Waals surface area contributed by atoms with Gasteiger partial charge in [0.1, 0.15) is 11.3 Å². The van der Waals surface area contributed by atoms with Crippen LogP contribution in [0.4, 0.5) is 5.69 Å². The summed E-state index contributed by atoms with van der Waals surface area (Å²) < 4.78 is 11.6. The van der Waals surface area contributed by atoms with Crippen molar-refractivity contribution < 1.29 is 13.9 Å². The average Bonchev–Trinajstić information content (AvgIpc) is 3.12. The van der Waals surface area contributed by atoms with E-state index in [0.717, 1.165) is 33.4 Å². The number of fused-ring (bicyclic) bond motifs is 1. The number of rotatable bonds is 5. The van der Waals surface area contributed by atoms with Crippen molar-refractivity contribution in [2.45, 2.75) is 27.7 Å². The SMILES string of the molecule is Cc1cc(C)c(OCC(=O)Nc2ccc(Cl)c(-c3nc4cc(C)cc(C)c4o3)c2)c(Cl)c1. The lowest BCUT2D eigenvalue weighted by molar-refractivity contribution is -0.118. The van der Waals surface area contributed by atoms with E-state index >= 15 is 0 Å². The van der Waals surface area contributed by atoms with Crippen molar-refractivity contribution in [1.82, 2.24) is 4.98 Å². The molecule has 0 saturated carbocycles. The van der Waals surface area contributed by atoms with Crippen LogP contribution in [0.5, 0.6) is 5.75 Å². The van der Waals surface area contributed by atoms with Crippen molar-refractivity contribution in [1.29, 1.82) is 0 Å². The summed E-state index contributed by atoms with van der Waals surface area (Å²) in [5.41, 5.74) is 6.64. The number of ether oxygens (including phenoxy) is 1. The molecular formula is C25H22Cl2N2O3. The summed E-state index contributed by atoms with van der Waals surface area (Å²) in [6.07, 6.45) is 0. The molecule has 0 atom stereocenters. The molecule has 5 nitrogen and oxygen atoms in total. The molecule has 0 aliphatic rings. The number of anilines is 1. The predicted octanol–water partition coefficient (Wildman–Crippen LogP) is 7.05. The molecule has 1 amide bonds. The molecule has 7 heteroatoms. The zero-order chi connectivity index (χ0) is 23.0. The van der Waals surface area contributed by atoms with Gasteiger partial charge in [-0.25, -0.2) is 4.98 Å². The second-order valence-corrected chi connectivity index (χ2v) is 8.69. The molecule has 0 spiro atoms. The summed E-state index contributed by atoms with van der Waals surface area (Å²) in [7, 11) is 0. The minimum atomic E-state index is -0.321. The van der Waals surface area contributed by atoms with Gasteiger partial charge in [-0.3, -0.25) is 4.79 Å². The van der Waals surface area contributed by atoms with Gasteiger partial charge >= 0.3 is 0 Å². The van der Waals surface area contributed by atoms with Crippen molar-refractivity contribution in [3.63, 3.8) is 0 Å². The van der Waals surface area contributed by atoms with Crippen LogP contribution < -0.4 is 10.1 Å². The maximum Gasteiger partial charge on any atom is 0.262 e. The Morgan fingerprint density at radius 2 is 1.69 bits per heavy atom. The minimum absolute atomic E-state index is 0.178. The van der Waals surface area contributed by atoms with Gasteiger partial charge in [-0.15, -0.1) is 0 Å². The summed E-state index contributed by atoms with van der Waals surface area (Å²) in [6.45, 7) is 7.65. The highest BCUT2D eigenvalue weighted by atomic mass is 35.5. The standard InChI is InChI=1S/C25H22Cl2N2O3/c1-13-7-15(3)23(20(27)9-13)31-12-22(30)28-17-5-6-19(26)18(11-17)25-29-21-10-14(2)8-16(4)24(21)32-25/h5-11H,12H2,1-4H3,(H,28,30). The fourth-order valence-corrected chi connectivity index (χ4v) is 4.25. The van der Waals surface area contributed by atoms with E-state index in [1.54, 1.807) is 24.3 Å². The Balaban J connectivity index is 1.53. The second-order valence-electron chi connectivity index (χ2n) is 7.87. The van der Waals surface area contributed by atoms with Gasteiger partial charge < -0.3 is 14.5 Å². The number of carbonyl (C=O) groups excluding carboxylic acids is 1. The molecule has 0 aliphatic carbocycles. The normalized spacial score (nSPS) is 11.1. The average molecular weight is 469 g/mol. The quantitative estimate of drug-likeness (QED) is 0.340. The number of nitrogens with one attached hydrogen (secondary N) is 1. The molecule has 1 N–H and O–H groups in total. The third-order valence-electron chi connectivity index (χ3n) is 5.02. The third kappa shape index (κ3) is 4.59. The first-order valence-electron chi connectivity index (χ1n) is 10.1. The number of amides is 1. The predicted molar refractivity (Wildman–Crippen MR) is 129 cm³/mol. The van der Waals surface area contributed by atoms with E-state index in [0.29, 0.717) is 32.9 Å². The van der Waals surface area contributed by atoms with Crippen LogP contribution in [0.25, 0.3) is 22.6 Å². The molecule has 164 valence electrons. The Kier molecular flexibility index (Phi) is 6.13.